The number of nitrogens with one attached hydrogen (secondary N) is 1. The maximum atomic E-state index is 13.3. The van der Waals surface area contributed by atoms with Gasteiger partial charge in [0.25, 0.3) is 0 Å². The summed E-state index contributed by atoms with van der Waals surface area (Å²) in [6, 6.07) is 6.62. The first-order valence-corrected chi connectivity index (χ1v) is 6.63. The van der Waals surface area contributed by atoms with Crippen molar-refractivity contribution in [2.75, 3.05) is 19.8 Å². The number of amides is 1. The van der Waals surface area contributed by atoms with Crippen LogP contribution in [0.25, 0.3) is 0 Å². The van der Waals surface area contributed by atoms with E-state index >= 15 is 0 Å². The molecule has 102 valence electrons. The summed E-state index contributed by atoms with van der Waals surface area (Å²) in [5, 5.41) is 3.17. The first kappa shape index (κ1) is 12.6. The van der Waals surface area contributed by atoms with Gasteiger partial charge in [-0.2, -0.15) is 0 Å². The van der Waals surface area contributed by atoms with Crippen molar-refractivity contribution in [2.45, 2.75) is 25.0 Å². The number of hydrogen-bond acceptors (Lipinski definition) is 3. The molecule has 0 saturated carbocycles. The molecule has 0 aliphatic carbocycles. The minimum absolute atomic E-state index is 0.0844. The zero-order valence-electron chi connectivity index (χ0n) is 10.6. The van der Waals surface area contributed by atoms with E-state index in [0.717, 1.165) is 18.4 Å². The third-order valence-corrected chi connectivity index (χ3v) is 3.76. The van der Waals surface area contributed by atoms with Crippen LogP contribution in [0.15, 0.2) is 24.3 Å². The van der Waals surface area contributed by atoms with E-state index in [1.807, 2.05) is 11.0 Å². The van der Waals surface area contributed by atoms with Gasteiger partial charge in [0.2, 0.25) is 5.91 Å². The van der Waals surface area contributed by atoms with Crippen molar-refractivity contribution in [2.24, 2.45) is 0 Å². The minimum Gasteiger partial charge on any atom is -0.381 e. The molecule has 1 atom stereocenters. The van der Waals surface area contributed by atoms with Gasteiger partial charge in [-0.3, -0.25) is 10.1 Å². The molecule has 1 aromatic carbocycles. The van der Waals surface area contributed by atoms with E-state index in [1.54, 1.807) is 6.07 Å². The lowest BCUT2D eigenvalue weighted by molar-refractivity contribution is -0.132. The Hall–Kier alpha value is -1.46. The van der Waals surface area contributed by atoms with Crippen LogP contribution in [0.5, 0.6) is 0 Å². The molecule has 0 spiro atoms. The molecule has 1 amide bonds. The summed E-state index contributed by atoms with van der Waals surface area (Å²) in [5.41, 5.74) is 0.803. The van der Waals surface area contributed by atoms with Gasteiger partial charge >= 0.3 is 0 Å². The zero-order chi connectivity index (χ0) is 13.2. The molecule has 0 aromatic heterocycles. The normalized spacial score (nSPS) is 25.0. The van der Waals surface area contributed by atoms with Crippen LogP contribution in [-0.2, 0) is 9.53 Å². The van der Waals surface area contributed by atoms with E-state index in [-0.39, 0.29) is 23.9 Å². The lowest BCUT2D eigenvalue weighted by Crippen LogP contribution is -2.42. The molecular formula is C14H17FN2O2. The molecule has 2 fully saturated rings. The number of carbonyl (C=O) groups is 1. The van der Waals surface area contributed by atoms with Crippen LogP contribution in [0.2, 0.25) is 0 Å². The minimum atomic E-state index is -0.273. The van der Waals surface area contributed by atoms with Crippen molar-refractivity contribution in [3.8, 4) is 0 Å². The molecule has 5 heteroatoms. The second-order valence-corrected chi connectivity index (χ2v) is 4.98. The summed E-state index contributed by atoms with van der Waals surface area (Å²) in [6.07, 6.45) is 1.48. The Morgan fingerprint density at radius 1 is 1.32 bits per heavy atom. The van der Waals surface area contributed by atoms with Crippen LogP contribution in [0.3, 0.4) is 0 Å². The fourth-order valence-corrected chi connectivity index (χ4v) is 2.85. The average molecular weight is 264 g/mol. The molecule has 3 rings (SSSR count). The van der Waals surface area contributed by atoms with Gasteiger partial charge in [-0.15, -0.1) is 0 Å². The monoisotopic (exact) mass is 264 g/mol. The predicted octanol–water partition coefficient (Wildman–Crippen LogP) is 1.44. The van der Waals surface area contributed by atoms with Gasteiger partial charge < -0.3 is 9.64 Å². The SMILES string of the molecule is O=C1CNC(c2cccc(F)c2)N1C1CCOCC1. The number of halogens is 1. The average Bonchev–Trinajstić information content (AvgIpc) is 2.82. The predicted molar refractivity (Wildman–Crippen MR) is 67.8 cm³/mol. The van der Waals surface area contributed by atoms with Gasteiger partial charge in [0.05, 0.1) is 6.54 Å². The van der Waals surface area contributed by atoms with Crippen molar-refractivity contribution in [1.82, 2.24) is 10.2 Å². The molecule has 1 aromatic rings. The van der Waals surface area contributed by atoms with Crippen molar-refractivity contribution >= 4 is 5.91 Å². The van der Waals surface area contributed by atoms with E-state index in [9.17, 15) is 9.18 Å². The van der Waals surface area contributed by atoms with E-state index in [1.165, 1.54) is 12.1 Å². The molecule has 1 N–H and O–H groups in total. The highest BCUT2D eigenvalue weighted by Crippen LogP contribution is 2.28. The molecule has 2 aliphatic rings. The molecular weight excluding hydrogens is 247 g/mol. The number of ether oxygens (including phenoxy) is 1. The standard InChI is InChI=1S/C14H17FN2O2/c15-11-3-1-2-10(8-11)14-16-9-13(18)17(14)12-4-6-19-7-5-12/h1-3,8,12,14,16H,4-7,9H2. The van der Waals surface area contributed by atoms with Crippen molar-refractivity contribution in [1.29, 1.82) is 0 Å². The van der Waals surface area contributed by atoms with Gasteiger partial charge in [0.15, 0.2) is 0 Å². The van der Waals surface area contributed by atoms with Crippen molar-refractivity contribution in [3.05, 3.63) is 35.6 Å². The highest BCUT2D eigenvalue weighted by molar-refractivity contribution is 5.81. The first-order valence-electron chi connectivity index (χ1n) is 6.63. The van der Waals surface area contributed by atoms with E-state index in [4.69, 9.17) is 4.74 Å². The molecule has 0 radical (unpaired) electrons. The summed E-state index contributed by atoms with van der Waals surface area (Å²) >= 11 is 0. The number of nitrogens with zero attached hydrogens (tertiary/aromatic N) is 1. The van der Waals surface area contributed by atoms with Crippen LogP contribution < -0.4 is 5.32 Å². The van der Waals surface area contributed by atoms with Crippen LogP contribution in [0.4, 0.5) is 4.39 Å². The lowest BCUT2D eigenvalue weighted by atomic mass is 10.0. The molecule has 4 nitrogen and oxygen atoms in total. The molecule has 0 bridgehead atoms. The van der Waals surface area contributed by atoms with Crippen LogP contribution in [0, 0.1) is 5.82 Å². The first-order chi connectivity index (χ1) is 9.25. The van der Waals surface area contributed by atoms with Crippen LogP contribution in [-0.4, -0.2) is 36.6 Å². The Morgan fingerprint density at radius 2 is 2.11 bits per heavy atom. The van der Waals surface area contributed by atoms with Crippen molar-refractivity contribution < 1.29 is 13.9 Å². The third kappa shape index (κ3) is 2.48. The Bertz CT molecular complexity index is 474. The summed E-state index contributed by atoms with van der Waals surface area (Å²) in [4.78, 5) is 13.9. The smallest absolute Gasteiger partial charge is 0.238 e. The van der Waals surface area contributed by atoms with Gasteiger partial charge in [-0.1, -0.05) is 12.1 Å². The maximum absolute atomic E-state index is 13.3. The van der Waals surface area contributed by atoms with Gasteiger partial charge in [0, 0.05) is 19.3 Å². The van der Waals surface area contributed by atoms with Gasteiger partial charge in [-0.05, 0) is 30.5 Å². The third-order valence-electron chi connectivity index (χ3n) is 3.76. The fourth-order valence-electron chi connectivity index (χ4n) is 2.85. The second kappa shape index (κ2) is 5.27. The summed E-state index contributed by atoms with van der Waals surface area (Å²) < 4.78 is 18.7. The Morgan fingerprint density at radius 3 is 2.84 bits per heavy atom. The van der Waals surface area contributed by atoms with Gasteiger partial charge in [-0.25, -0.2) is 4.39 Å². The van der Waals surface area contributed by atoms with E-state index in [2.05, 4.69) is 5.32 Å². The quantitative estimate of drug-likeness (QED) is 0.878. The summed E-state index contributed by atoms with van der Waals surface area (Å²) in [6.45, 7) is 1.69. The van der Waals surface area contributed by atoms with Crippen molar-refractivity contribution in [3.63, 3.8) is 0 Å². The molecule has 2 heterocycles. The number of rotatable bonds is 2. The van der Waals surface area contributed by atoms with Crippen LogP contribution in [0.1, 0.15) is 24.6 Å². The Kier molecular flexibility index (Phi) is 3.48. The number of carbonyl (C=O) groups excluding carboxylic acids is 1. The van der Waals surface area contributed by atoms with Gasteiger partial charge in [0.1, 0.15) is 12.0 Å². The zero-order valence-corrected chi connectivity index (χ0v) is 10.6. The van der Waals surface area contributed by atoms with E-state index in [0.29, 0.717) is 19.8 Å². The maximum Gasteiger partial charge on any atom is 0.238 e. The number of hydrogen-bond donors (Lipinski definition) is 1. The molecule has 19 heavy (non-hydrogen) atoms. The molecule has 2 aliphatic heterocycles. The largest absolute Gasteiger partial charge is 0.381 e. The molecule has 1 unspecified atom stereocenters. The summed E-state index contributed by atoms with van der Waals surface area (Å²) in [5.74, 6) is -0.188. The lowest BCUT2D eigenvalue weighted by Gasteiger charge is -2.35. The van der Waals surface area contributed by atoms with Crippen LogP contribution >= 0.6 is 0 Å². The second-order valence-electron chi connectivity index (χ2n) is 4.98. The topological polar surface area (TPSA) is 41.6 Å². The summed E-state index contributed by atoms with van der Waals surface area (Å²) in [7, 11) is 0. The van der Waals surface area contributed by atoms with E-state index < -0.39 is 0 Å². The highest BCUT2D eigenvalue weighted by Gasteiger charge is 2.37. The fraction of sp³-hybridized carbons (Fsp3) is 0.500. The Balaban J connectivity index is 1.85. The molecule has 2 saturated heterocycles. The Labute approximate surface area is 111 Å². The number of benzene rings is 1. The highest BCUT2D eigenvalue weighted by atomic mass is 19.1.